The van der Waals surface area contributed by atoms with Gasteiger partial charge in [-0.3, -0.25) is 0 Å². The summed E-state index contributed by atoms with van der Waals surface area (Å²) >= 11 is 0. The highest BCUT2D eigenvalue weighted by Crippen LogP contribution is 2.20. The summed E-state index contributed by atoms with van der Waals surface area (Å²) < 4.78 is 21.7. The quantitative estimate of drug-likeness (QED) is 0.706. The number of hydrogen-bond donors (Lipinski definition) is 2. The summed E-state index contributed by atoms with van der Waals surface area (Å²) in [5.74, 6) is 0.779. The summed E-state index contributed by atoms with van der Waals surface area (Å²) in [4.78, 5) is 2.19. The van der Waals surface area contributed by atoms with Crippen LogP contribution in [0.15, 0.2) is 0 Å². The van der Waals surface area contributed by atoms with Gasteiger partial charge in [-0.1, -0.05) is 6.92 Å². The van der Waals surface area contributed by atoms with Crippen LogP contribution in [0.4, 0.5) is 0 Å². The molecule has 0 radical (unpaired) electrons. The molecule has 0 bridgehead atoms. The van der Waals surface area contributed by atoms with Crippen molar-refractivity contribution in [2.45, 2.75) is 32.7 Å². The molecule has 1 aliphatic heterocycles. The average Bonchev–Trinajstić information content (AvgIpc) is 2.26. The van der Waals surface area contributed by atoms with Gasteiger partial charge in [-0.05, 0) is 45.3 Å². The van der Waals surface area contributed by atoms with Crippen LogP contribution < -0.4 is 10.5 Å². The van der Waals surface area contributed by atoms with E-state index in [0.717, 1.165) is 32.5 Å². The average molecular weight is 263 g/mol. The molecule has 0 aromatic carbocycles. The lowest BCUT2D eigenvalue weighted by Crippen LogP contribution is -2.43. The molecule has 1 saturated heterocycles. The SMILES string of the molecule is CCNC(C)C1CCN(CCS(N)(=O)=O)CC1. The number of piperidine rings is 1. The second-order valence-electron chi connectivity index (χ2n) is 4.89. The molecule has 1 fully saturated rings. The predicted molar refractivity (Wildman–Crippen MR) is 70.3 cm³/mol. The van der Waals surface area contributed by atoms with Gasteiger partial charge in [0.05, 0.1) is 5.75 Å². The van der Waals surface area contributed by atoms with Gasteiger partial charge in [0.1, 0.15) is 0 Å². The Balaban J connectivity index is 2.26. The summed E-state index contributed by atoms with van der Waals surface area (Å²) in [7, 11) is -3.32. The molecule has 5 nitrogen and oxygen atoms in total. The van der Waals surface area contributed by atoms with E-state index < -0.39 is 10.0 Å². The van der Waals surface area contributed by atoms with Crippen LogP contribution in [0.5, 0.6) is 0 Å². The Hall–Kier alpha value is -0.170. The van der Waals surface area contributed by atoms with Crippen molar-refractivity contribution in [2.24, 2.45) is 11.1 Å². The molecule has 17 heavy (non-hydrogen) atoms. The van der Waals surface area contributed by atoms with Crippen molar-refractivity contribution in [3.05, 3.63) is 0 Å². The van der Waals surface area contributed by atoms with Crippen LogP contribution in [0.1, 0.15) is 26.7 Å². The van der Waals surface area contributed by atoms with Gasteiger partial charge < -0.3 is 10.2 Å². The van der Waals surface area contributed by atoms with Gasteiger partial charge in [-0.15, -0.1) is 0 Å². The zero-order valence-corrected chi connectivity index (χ0v) is 11.7. The molecule has 1 unspecified atom stereocenters. The first-order chi connectivity index (χ1) is 7.92. The highest BCUT2D eigenvalue weighted by Gasteiger charge is 2.23. The van der Waals surface area contributed by atoms with Crippen LogP contribution in [0.25, 0.3) is 0 Å². The minimum atomic E-state index is -3.32. The fourth-order valence-electron chi connectivity index (χ4n) is 2.42. The van der Waals surface area contributed by atoms with E-state index in [1.807, 2.05) is 0 Å². The minimum absolute atomic E-state index is 0.0699. The zero-order valence-electron chi connectivity index (χ0n) is 10.9. The Bertz CT molecular complexity index is 311. The summed E-state index contributed by atoms with van der Waals surface area (Å²) in [6, 6.07) is 0.556. The Kier molecular flexibility index (Phi) is 5.85. The normalized spacial score (nSPS) is 21.6. The maximum Gasteiger partial charge on any atom is 0.210 e. The number of primary sulfonamides is 1. The van der Waals surface area contributed by atoms with Gasteiger partial charge in [-0.25, -0.2) is 13.6 Å². The van der Waals surface area contributed by atoms with Crippen molar-refractivity contribution in [2.75, 3.05) is 31.9 Å². The minimum Gasteiger partial charge on any atom is -0.314 e. The number of nitrogens with one attached hydrogen (secondary N) is 1. The van der Waals surface area contributed by atoms with Crippen molar-refractivity contribution >= 4 is 10.0 Å². The van der Waals surface area contributed by atoms with Gasteiger partial charge in [-0.2, -0.15) is 0 Å². The smallest absolute Gasteiger partial charge is 0.210 e. The van der Waals surface area contributed by atoms with Crippen LogP contribution in [0, 0.1) is 5.92 Å². The first kappa shape index (κ1) is 14.9. The lowest BCUT2D eigenvalue weighted by atomic mass is 9.90. The fraction of sp³-hybridized carbons (Fsp3) is 1.00. The molecule has 0 spiro atoms. The van der Waals surface area contributed by atoms with E-state index in [1.54, 1.807) is 0 Å². The summed E-state index contributed by atoms with van der Waals surface area (Å²) in [6.45, 7) is 7.89. The third kappa shape index (κ3) is 5.81. The molecule has 0 amide bonds. The first-order valence-corrected chi connectivity index (χ1v) is 8.10. The number of sulfonamides is 1. The monoisotopic (exact) mass is 263 g/mol. The van der Waals surface area contributed by atoms with E-state index in [-0.39, 0.29) is 5.75 Å². The van der Waals surface area contributed by atoms with Gasteiger partial charge in [0.25, 0.3) is 0 Å². The number of nitrogens with zero attached hydrogens (tertiary/aromatic N) is 1. The van der Waals surface area contributed by atoms with E-state index in [0.29, 0.717) is 18.5 Å². The van der Waals surface area contributed by atoms with Crippen LogP contribution in [0.2, 0.25) is 0 Å². The highest BCUT2D eigenvalue weighted by molar-refractivity contribution is 7.89. The molecule has 0 aliphatic carbocycles. The molecule has 0 saturated carbocycles. The van der Waals surface area contributed by atoms with Gasteiger partial charge in [0.15, 0.2) is 0 Å². The first-order valence-electron chi connectivity index (χ1n) is 6.38. The Morgan fingerprint density at radius 2 is 2.00 bits per heavy atom. The largest absolute Gasteiger partial charge is 0.314 e. The molecule has 0 aromatic heterocycles. The van der Waals surface area contributed by atoms with Crippen molar-refractivity contribution in [3.8, 4) is 0 Å². The van der Waals surface area contributed by atoms with Crippen LogP contribution in [-0.4, -0.2) is 51.3 Å². The number of likely N-dealkylation sites (tertiary alicyclic amines) is 1. The highest BCUT2D eigenvalue weighted by atomic mass is 32.2. The predicted octanol–water partition coefficient (Wildman–Crippen LogP) is -0.0151. The molecule has 1 atom stereocenters. The number of rotatable bonds is 6. The van der Waals surface area contributed by atoms with Gasteiger partial charge in [0, 0.05) is 12.6 Å². The van der Waals surface area contributed by atoms with Gasteiger partial charge >= 0.3 is 0 Å². The Morgan fingerprint density at radius 3 is 2.47 bits per heavy atom. The molecule has 0 aromatic rings. The van der Waals surface area contributed by atoms with E-state index in [4.69, 9.17) is 5.14 Å². The number of nitrogens with two attached hydrogens (primary N) is 1. The van der Waals surface area contributed by atoms with Crippen molar-refractivity contribution < 1.29 is 8.42 Å². The molecule has 3 N–H and O–H groups in total. The molecule has 1 rings (SSSR count). The second-order valence-corrected chi connectivity index (χ2v) is 6.63. The second kappa shape index (κ2) is 6.68. The lowest BCUT2D eigenvalue weighted by Gasteiger charge is -2.34. The van der Waals surface area contributed by atoms with E-state index >= 15 is 0 Å². The Morgan fingerprint density at radius 1 is 1.41 bits per heavy atom. The van der Waals surface area contributed by atoms with E-state index in [9.17, 15) is 8.42 Å². The molecular weight excluding hydrogens is 238 g/mol. The molecule has 6 heteroatoms. The third-order valence-corrected chi connectivity index (χ3v) is 4.31. The van der Waals surface area contributed by atoms with Crippen molar-refractivity contribution in [1.29, 1.82) is 0 Å². The van der Waals surface area contributed by atoms with Crippen molar-refractivity contribution in [3.63, 3.8) is 0 Å². The maximum absolute atomic E-state index is 10.9. The maximum atomic E-state index is 10.9. The van der Waals surface area contributed by atoms with Crippen LogP contribution in [0.3, 0.4) is 0 Å². The summed E-state index contributed by atoms with van der Waals surface area (Å²) in [5.41, 5.74) is 0. The fourth-order valence-corrected chi connectivity index (χ4v) is 2.93. The third-order valence-electron chi connectivity index (χ3n) is 3.56. The van der Waals surface area contributed by atoms with Gasteiger partial charge in [0.2, 0.25) is 10.0 Å². The summed E-state index contributed by atoms with van der Waals surface area (Å²) in [6.07, 6.45) is 2.28. The van der Waals surface area contributed by atoms with E-state index in [2.05, 4.69) is 24.1 Å². The van der Waals surface area contributed by atoms with Crippen LogP contribution in [-0.2, 0) is 10.0 Å². The summed E-state index contributed by atoms with van der Waals surface area (Å²) in [5, 5.41) is 8.46. The molecule has 102 valence electrons. The zero-order chi connectivity index (χ0) is 12.9. The molecule has 1 aliphatic rings. The van der Waals surface area contributed by atoms with E-state index in [1.165, 1.54) is 0 Å². The Labute approximate surface area is 105 Å². The van der Waals surface area contributed by atoms with Crippen molar-refractivity contribution in [1.82, 2.24) is 10.2 Å². The lowest BCUT2D eigenvalue weighted by molar-refractivity contribution is 0.170. The molecule has 1 heterocycles. The number of hydrogen-bond acceptors (Lipinski definition) is 4. The standard InChI is InChI=1S/C11H25N3O2S/c1-3-13-10(2)11-4-6-14(7-5-11)8-9-17(12,15)16/h10-11,13H,3-9H2,1-2H3,(H2,12,15,16). The topological polar surface area (TPSA) is 75.4 Å². The molecular formula is C11H25N3O2S. The van der Waals surface area contributed by atoms with Crippen LogP contribution >= 0.6 is 0 Å².